The maximum absolute atomic E-state index is 3.48. The second kappa shape index (κ2) is 5.13. The first kappa shape index (κ1) is 12.0. The largest absolute Gasteiger partial charge is 0.316 e. The summed E-state index contributed by atoms with van der Waals surface area (Å²) in [6, 6.07) is 0.721. The molecule has 0 aliphatic carbocycles. The molecule has 2 heteroatoms. The molecule has 0 saturated carbocycles. The summed E-state index contributed by atoms with van der Waals surface area (Å²) in [6.45, 7) is 14.1. The molecule has 0 radical (unpaired) electrons. The molecule has 0 spiro atoms. The van der Waals surface area contributed by atoms with Gasteiger partial charge in [-0.1, -0.05) is 13.8 Å². The number of nitrogens with zero attached hydrogens (tertiary/aromatic N) is 1. The van der Waals surface area contributed by atoms with Gasteiger partial charge in [0.25, 0.3) is 0 Å². The summed E-state index contributed by atoms with van der Waals surface area (Å²) >= 11 is 0. The van der Waals surface area contributed by atoms with Gasteiger partial charge >= 0.3 is 0 Å². The van der Waals surface area contributed by atoms with Crippen LogP contribution in [0.3, 0.4) is 0 Å². The summed E-state index contributed by atoms with van der Waals surface area (Å²) in [5.74, 6) is 0. The Labute approximate surface area is 89.1 Å². The van der Waals surface area contributed by atoms with Crippen LogP contribution >= 0.6 is 0 Å². The lowest BCUT2D eigenvalue weighted by atomic mass is 9.80. The van der Waals surface area contributed by atoms with Crippen LogP contribution in [0.4, 0.5) is 0 Å². The van der Waals surface area contributed by atoms with Crippen molar-refractivity contribution in [3.63, 3.8) is 0 Å². The first-order valence-corrected chi connectivity index (χ1v) is 6.02. The van der Waals surface area contributed by atoms with Gasteiger partial charge in [0.05, 0.1) is 0 Å². The van der Waals surface area contributed by atoms with Crippen LogP contribution in [0.25, 0.3) is 0 Å². The third kappa shape index (κ3) is 3.25. The van der Waals surface area contributed by atoms with Crippen LogP contribution in [0.2, 0.25) is 0 Å². The molecular weight excluding hydrogens is 172 g/mol. The van der Waals surface area contributed by atoms with Crippen molar-refractivity contribution in [2.75, 3.05) is 26.2 Å². The van der Waals surface area contributed by atoms with Gasteiger partial charge in [0.2, 0.25) is 0 Å². The first-order chi connectivity index (χ1) is 6.57. The van der Waals surface area contributed by atoms with E-state index in [9.17, 15) is 0 Å². The van der Waals surface area contributed by atoms with E-state index in [-0.39, 0.29) is 0 Å². The maximum atomic E-state index is 3.48. The van der Waals surface area contributed by atoms with Crippen molar-refractivity contribution in [2.24, 2.45) is 5.41 Å². The predicted molar refractivity (Wildman–Crippen MR) is 62.6 cm³/mol. The Morgan fingerprint density at radius 2 is 1.86 bits per heavy atom. The highest BCUT2D eigenvalue weighted by atomic mass is 15.2. The van der Waals surface area contributed by atoms with E-state index in [2.05, 4.69) is 37.9 Å². The normalized spacial score (nSPS) is 22.9. The molecule has 1 saturated heterocycles. The summed E-state index contributed by atoms with van der Waals surface area (Å²) in [6.07, 6.45) is 2.69. The summed E-state index contributed by atoms with van der Waals surface area (Å²) in [5.41, 5.74) is 0.543. The molecule has 0 atom stereocenters. The van der Waals surface area contributed by atoms with Crippen LogP contribution in [0.15, 0.2) is 0 Å². The number of nitrogens with one attached hydrogen (secondary N) is 1. The number of hydrogen-bond acceptors (Lipinski definition) is 2. The fourth-order valence-electron chi connectivity index (χ4n) is 2.18. The van der Waals surface area contributed by atoms with Gasteiger partial charge in [0.15, 0.2) is 0 Å². The monoisotopic (exact) mass is 198 g/mol. The SMILES string of the molecule is CCNCC1(C)CCN(C(C)C)CC1. The van der Waals surface area contributed by atoms with Crippen LogP contribution in [-0.4, -0.2) is 37.1 Å². The topological polar surface area (TPSA) is 15.3 Å². The summed E-state index contributed by atoms with van der Waals surface area (Å²) in [4.78, 5) is 2.59. The third-order valence-electron chi connectivity index (χ3n) is 3.54. The van der Waals surface area contributed by atoms with E-state index in [0.29, 0.717) is 5.41 Å². The first-order valence-electron chi connectivity index (χ1n) is 6.02. The van der Waals surface area contributed by atoms with Crippen LogP contribution in [0.5, 0.6) is 0 Å². The number of likely N-dealkylation sites (tertiary alicyclic amines) is 1. The molecule has 0 aromatic rings. The van der Waals surface area contributed by atoms with Crippen molar-refractivity contribution < 1.29 is 0 Å². The van der Waals surface area contributed by atoms with Crippen LogP contribution < -0.4 is 5.32 Å². The lowest BCUT2D eigenvalue weighted by Gasteiger charge is -2.41. The minimum absolute atomic E-state index is 0.543. The number of rotatable bonds is 4. The van der Waals surface area contributed by atoms with Gasteiger partial charge in [-0.25, -0.2) is 0 Å². The molecule has 0 bridgehead atoms. The lowest BCUT2D eigenvalue weighted by molar-refractivity contribution is 0.0946. The van der Waals surface area contributed by atoms with Gasteiger partial charge in [-0.05, 0) is 51.7 Å². The molecule has 0 unspecified atom stereocenters. The van der Waals surface area contributed by atoms with E-state index < -0.39 is 0 Å². The molecule has 0 aromatic carbocycles. The Morgan fingerprint density at radius 1 is 1.29 bits per heavy atom. The second-order valence-electron chi connectivity index (χ2n) is 5.22. The van der Waals surface area contributed by atoms with Crippen molar-refractivity contribution in [3.05, 3.63) is 0 Å². The Bertz CT molecular complexity index is 158. The van der Waals surface area contributed by atoms with Crippen molar-refractivity contribution in [2.45, 2.75) is 46.6 Å². The smallest absolute Gasteiger partial charge is 0.00385 e. The molecule has 1 aliphatic rings. The highest BCUT2D eigenvalue weighted by Crippen LogP contribution is 2.30. The van der Waals surface area contributed by atoms with Crippen molar-refractivity contribution >= 4 is 0 Å². The molecule has 0 amide bonds. The maximum Gasteiger partial charge on any atom is 0.00385 e. The summed E-state index contributed by atoms with van der Waals surface area (Å²) in [5, 5.41) is 3.48. The molecule has 84 valence electrons. The molecule has 1 fully saturated rings. The van der Waals surface area contributed by atoms with E-state index >= 15 is 0 Å². The molecular formula is C12H26N2. The summed E-state index contributed by atoms with van der Waals surface area (Å²) in [7, 11) is 0. The molecule has 1 N–H and O–H groups in total. The number of piperidine rings is 1. The number of hydrogen-bond donors (Lipinski definition) is 1. The molecule has 1 aliphatic heterocycles. The van der Waals surface area contributed by atoms with Crippen molar-refractivity contribution in [1.29, 1.82) is 0 Å². The Hall–Kier alpha value is -0.0800. The van der Waals surface area contributed by atoms with Crippen LogP contribution in [0, 0.1) is 5.41 Å². The van der Waals surface area contributed by atoms with Crippen molar-refractivity contribution in [1.82, 2.24) is 10.2 Å². The van der Waals surface area contributed by atoms with Gasteiger partial charge in [-0.2, -0.15) is 0 Å². The summed E-state index contributed by atoms with van der Waals surface area (Å²) < 4.78 is 0. The Kier molecular flexibility index (Phi) is 4.39. The lowest BCUT2D eigenvalue weighted by Crippen LogP contribution is -2.45. The molecule has 0 aromatic heterocycles. The predicted octanol–water partition coefficient (Wildman–Crippen LogP) is 2.11. The van der Waals surface area contributed by atoms with Crippen molar-refractivity contribution in [3.8, 4) is 0 Å². The second-order valence-corrected chi connectivity index (χ2v) is 5.22. The van der Waals surface area contributed by atoms with E-state index in [4.69, 9.17) is 0 Å². The zero-order valence-electron chi connectivity index (χ0n) is 10.3. The van der Waals surface area contributed by atoms with Crippen LogP contribution in [0.1, 0.15) is 40.5 Å². The zero-order chi connectivity index (χ0) is 10.6. The average Bonchev–Trinajstić information content (AvgIpc) is 2.16. The van der Waals surface area contributed by atoms with Crippen LogP contribution in [-0.2, 0) is 0 Å². The minimum Gasteiger partial charge on any atom is -0.316 e. The molecule has 14 heavy (non-hydrogen) atoms. The minimum atomic E-state index is 0.543. The quantitative estimate of drug-likeness (QED) is 0.744. The van der Waals surface area contributed by atoms with Gasteiger partial charge in [-0.15, -0.1) is 0 Å². The molecule has 2 nitrogen and oxygen atoms in total. The average molecular weight is 198 g/mol. The molecule has 1 heterocycles. The van der Waals surface area contributed by atoms with E-state index in [1.165, 1.54) is 32.5 Å². The van der Waals surface area contributed by atoms with E-state index in [0.717, 1.165) is 12.6 Å². The van der Waals surface area contributed by atoms with E-state index in [1.54, 1.807) is 0 Å². The molecule has 1 rings (SSSR count). The fourth-order valence-corrected chi connectivity index (χ4v) is 2.18. The zero-order valence-corrected chi connectivity index (χ0v) is 10.3. The Morgan fingerprint density at radius 3 is 2.29 bits per heavy atom. The highest BCUT2D eigenvalue weighted by Gasteiger charge is 2.30. The Balaban J connectivity index is 2.33. The standard InChI is InChI=1S/C12H26N2/c1-5-13-10-12(4)6-8-14(9-7-12)11(2)3/h11,13H,5-10H2,1-4H3. The third-order valence-corrected chi connectivity index (χ3v) is 3.54. The van der Waals surface area contributed by atoms with Gasteiger partial charge in [-0.3, -0.25) is 0 Å². The van der Waals surface area contributed by atoms with E-state index in [1.807, 2.05) is 0 Å². The fraction of sp³-hybridized carbons (Fsp3) is 1.00. The van der Waals surface area contributed by atoms with Gasteiger partial charge in [0.1, 0.15) is 0 Å². The van der Waals surface area contributed by atoms with Gasteiger partial charge < -0.3 is 10.2 Å². The highest BCUT2D eigenvalue weighted by molar-refractivity contribution is 4.84. The van der Waals surface area contributed by atoms with Gasteiger partial charge in [0, 0.05) is 12.6 Å².